The van der Waals surface area contributed by atoms with Crippen molar-refractivity contribution in [2.45, 2.75) is 52.5 Å². The molecule has 2 aliphatic rings. The Kier molecular flexibility index (Phi) is 5.97. The first-order valence-electron chi connectivity index (χ1n) is 12.1. The second-order valence-electron chi connectivity index (χ2n) is 9.51. The lowest BCUT2D eigenvalue weighted by Crippen LogP contribution is -2.50. The number of nitrogens with zero attached hydrogens (tertiary/aromatic N) is 4. The molecule has 0 radical (unpaired) electrons. The van der Waals surface area contributed by atoms with Crippen molar-refractivity contribution >= 4 is 22.6 Å². The van der Waals surface area contributed by atoms with Gasteiger partial charge in [-0.15, -0.1) is 0 Å². The zero-order chi connectivity index (χ0) is 23.1. The van der Waals surface area contributed by atoms with Gasteiger partial charge in [-0.25, -0.2) is 4.98 Å². The first-order chi connectivity index (χ1) is 16.0. The second kappa shape index (κ2) is 8.91. The molecule has 3 heterocycles. The lowest BCUT2D eigenvalue weighted by atomic mass is 9.85. The normalized spacial score (nSPS) is 20.1. The number of hydrogen-bond donors (Lipinski definition) is 2. The van der Waals surface area contributed by atoms with Gasteiger partial charge in [0.25, 0.3) is 0 Å². The molecule has 8 nitrogen and oxygen atoms in total. The Bertz CT molecular complexity index is 1160. The van der Waals surface area contributed by atoms with Gasteiger partial charge in [0.2, 0.25) is 5.91 Å². The number of fused-ring (bicyclic) bond motifs is 2. The molecule has 2 aromatic heterocycles. The molecule has 2 atom stereocenters. The van der Waals surface area contributed by atoms with Gasteiger partial charge in [0.1, 0.15) is 5.69 Å². The molecule has 2 N–H and O–H groups in total. The van der Waals surface area contributed by atoms with E-state index >= 15 is 0 Å². The molecular formula is C25H34N6O2. The van der Waals surface area contributed by atoms with Crippen LogP contribution in [-0.4, -0.2) is 70.4 Å². The third-order valence-electron chi connectivity index (χ3n) is 7.49. The first-order valence-corrected chi connectivity index (χ1v) is 12.1. The Balaban J connectivity index is 1.43. The lowest BCUT2D eigenvalue weighted by molar-refractivity contribution is -0.124. The highest BCUT2D eigenvalue weighted by Gasteiger charge is 2.28. The number of aryl methyl sites for hydroxylation is 2. The van der Waals surface area contributed by atoms with Crippen molar-refractivity contribution in [3.8, 4) is 11.5 Å². The van der Waals surface area contributed by atoms with E-state index in [1.54, 1.807) is 4.90 Å². The Morgan fingerprint density at radius 3 is 2.88 bits per heavy atom. The van der Waals surface area contributed by atoms with Gasteiger partial charge in [-0.3, -0.25) is 14.8 Å². The smallest absolute Gasteiger partial charge is 0.243 e. The third-order valence-corrected chi connectivity index (χ3v) is 7.49. The highest BCUT2D eigenvalue weighted by molar-refractivity contribution is 5.99. The Morgan fingerprint density at radius 2 is 2.12 bits per heavy atom. The van der Waals surface area contributed by atoms with Crippen LogP contribution in [0.5, 0.6) is 0 Å². The number of amides is 1. The molecule has 1 saturated heterocycles. The second-order valence-corrected chi connectivity index (χ2v) is 9.51. The van der Waals surface area contributed by atoms with Crippen molar-refractivity contribution in [1.82, 2.24) is 25.1 Å². The van der Waals surface area contributed by atoms with E-state index < -0.39 is 0 Å². The number of imidazole rings is 1. The zero-order valence-corrected chi connectivity index (χ0v) is 20.1. The zero-order valence-electron chi connectivity index (χ0n) is 20.1. The summed E-state index contributed by atoms with van der Waals surface area (Å²) in [5, 5.41) is 7.85. The molecule has 1 amide bonds. The maximum absolute atomic E-state index is 13.2. The molecule has 8 heteroatoms. The molecule has 1 fully saturated rings. The van der Waals surface area contributed by atoms with Crippen LogP contribution in [-0.2, 0) is 22.4 Å². The van der Waals surface area contributed by atoms with Gasteiger partial charge >= 0.3 is 0 Å². The maximum atomic E-state index is 13.2. The van der Waals surface area contributed by atoms with Crippen LogP contribution in [0.15, 0.2) is 12.1 Å². The van der Waals surface area contributed by atoms with E-state index in [0.717, 1.165) is 59.7 Å². The summed E-state index contributed by atoms with van der Waals surface area (Å²) in [4.78, 5) is 25.6. The number of ether oxygens (including phenoxy) is 1. The van der Waals surface area contributed by atoms with Gasteiger partial charge in [0, 0.05) is 37.1 Å². The van der Waals surface area contributed by atoms with Crippen LogP contribution in [0.4, 0.5) is 5.69 Å². The number of aromatic amines is 2. The molecule has 0 bridgehead atoms. The van der Waals surface area contributed by atoms with Gasteiger partial charge < -0.3 is 14.6 Å². The van der Waals surface area contributed by atoms with Crippen molar-refractivity contribution in [2.75, 3.05) is 38.3 Å². The number of benzene rings is 1. The SMILES string of the molecule is CC[C@H]1CCc2[nH]nc(-c3nc4cc(N(C)C(=O)C(C)N5CCOCC5)c(C)cc4[nH]3)c2C1. The van der Waals surface area contributed by atoms with E-state index in [9.17, 15) is 4.79 Å². The fourth-order valence-electron chi connectivity index (χ4n) is 5.26. The van der Waals surface area contributed by atoms with Crippen LogP contribution in [0, 0.1) is 12.8 Å². The van der Waals surface area contributed by atoms with Crippen molar-refractivity contribution in [2.24, 2.45) is 5.92 Å². The predicted molar refractivity (Wildman–Crippen MR) is 129 cm³/mol. The summed E-state index contributed by atoms with van der Waals surface area (Å²) in [5.74, 6) is 1.59. The summed E-state index contributed by atoms with van der Waals surface area (Å²) in [5.41, 5.74) is 7.23. The largest absolute Gasteiger partial charge is 0.379 e. The Hall–Kier alpha value is -2.71. The van der Waals surface area contributed by atoms with E-state index in [2.05, 4.69) is 33.1 Å². The predicted octanol–water partition coefficient (Wildman–Crippen LogP) is 3.46. The van der Waals surface area contributed by atoms with E-state index in [1.807, 2.05) is 27.0 Å². The van der Waals surface area contributed by atoms with Crippen molar-refractivity contribution < 1.29 is 9.53 Å². The van der Waals surface area contributed by atoms with Crippen molar-refractivity contribution in [3.63, 3.8) is 0 Å². The molecule has 0 saturated carbocycles. The number of rotatable bonds is 5. The van der Waals surface area contributed by atoms with E-state index in [-0.39, 0.29) is 11.9 Å². The molecule has 3 aromatic rings. The van der Waals surface area contributed by atoms with Gasteiger partial charge in [-0.05, 0) is 56.7 Å². The summed E-state index contributed by atoms with van der Waals surface area (Å²) in [6.07, 6.45) is 4.52. The van der Waals surface area contributed by atoms with Crippen molar-refractivity contribution in [3.05, 3.63) is 29.0 Å². The Labute approximate surface area is 194 Å². The van der Waals surface area contributed by atoms with Gasteiger partial charge in [-0.2, -0.15) is 5.10 Å². The van der Waals surface area contributed by atoms with Gasteiger partial charge in [0.05, 0.1) is 30.3 Å². The summed E-state index contributed by atoms with van der Waals surface area (Å²) in [6, 6.07) is 3.91. The minimum Gasteiger partial charge on any atom is -0.379 e. The van der Waals surface area contributed by atoms with Crippen LogP contribution in [0.1, 0.15) is 43.5 Å². The molecule has 1 unspecified atom stereocenters. The number of carbonyl (C=O) groups excluding carboxylic acids is 1. The number of likely N-dealkylation sites (N-methyl/N-ethyl adjacent to an activating group) is 1. The number of nitrogens with one attached hydrogen (secondary N) is 2. The number of carbonyl (C=O) groups is 1. The maximum Gasteiger partial charge on any atom is 0.243 e. The minimum absolute atomic E-state index is 0.0853. The van der Waals surface area contributed by atoms with E-state index in [0.29, 0.717) is 19.1 Å². The molecule has 1 aliphatic heterocycles. The molecule has 33 heavy (non-hydrogen) atoms. The fraction of sp³-hybridized carbons (Fsp3) is 0.560. The Morgan fingerprint density at radius 1 is 1.33 bits per heavy atom. The molecular weight excluding hydrogens is 416 g/mol. The molecule has 1 aromatic carbocycles. The quantitative estimate of drug-likeness (QED) is 0.621. The standard InChI is InChI=1S/C25H34N6O2/c1-5-17-6-7-19-18(13-17)23(29-28-19)24-26-20-12-15(2)22(14-21(20)27-24)30(4)25(32)16(3)31-8-10-33-11-9-31/h12,14,16-17H,5-11,13H2,1-4H3,(H,26,27)(H,28,29)/t16?,17-/m0/s1. The number of H-pyrrole nitrogens is 2. The molecule has 1 aliphatic carbocycles. The number of hydrogen-bond acceptors (Lipinski definition) is 5. The first kappa shape index (κ1) is 22.1. The highest BCUT2D eigenvalue weighted by Crippen LogP contribution is 2.34. The molecule has 176 valence electrons. The monoisotopic (exact) mass is 450 g/mol. The van der Waals surface area contributed by atoms with Gasteiger partial charge in [0.15, 0.2) is 5.82 Å². The molecule has 0 spiro atoms. The van der Waals surface area contributed by atoms with Crippen LogP contribution < -0.4 is 4.90 Å². The number of anilines is 1. The summed E-state index contributed by atoms with van der Waals surface area (Å²) < 4.78 is 5.44. The minimum atomic E-state index is -0.189. The summed E-state index contributed by atoms with van der Waals surface area (Å²) in [6.45, 7) is 9.22. The number of morpholine rings is 1. The molecule has 5 rings (SSSR count). The van der Waals surface area contributed by atoms with E-state index in [4.69, 9.17) is 9.72 Å². The lowest BCUT2D eigenvalue weighted by Gasteiger charge is -2.33. The highest BCUT2D eigenvalue weighted by atomic mass is 16.5. The fourth-order valence-corrected chi connectivity index (χ4v) is 5.26. The average Bonchev–Trinajstić information content (AvgIpc) is 3.45. The van der Waals surface area contributed by atoms with Crippen molar-refractivity contribution in [1.29, 1.82) is 0 Å². The van der Waals surface area contributed by atoms with Crippen LogP contribution in [0.2, 0.25) is 0 Å². The summed E-state index contributed by atoms with van der Waals surface area (Å²) in [7, 11) is 1.86. The van der Waals surface area contributed by atoms with Crippen LogP contribution in [0.25, 0.3) is 22.6 Å². The van der Waals surface area contributed by atoms with Gasteiger partial charge in [-0.1, -0.05) is 13.3 Å². The van der Waals surface area contributed by atoms with E-state index in [1.165, 1.54) is 24.1 Å². The topological polar surface area (TPSA) is 90.1 Å². The number of aromatic nitrogens is 4. The average molecular weight is 451 g/mol. The van der Waals surface area contributed by atoms with Crippen LogP contribution >= 0.6 is 0 Å². The summed E-state index contributed by atoms with van der Waals surface area (Å²) >= 11 is 0. The third kappa shape index (κ3) is 4.06. The van der Waals surface area contributed by atoms with Crippen LogP contribution in [0.3, 0.4) is 0 Å².